The lowest BCUT2D eigenvalue weighted by molar-refractivity contribution is 0.232. The predicted molar refractivity (Wildman–Crippen MR) is 71.3 cm³/mol. The number of rotatable bonds is 3. The summed E-state index contributed by atoms with van der Waals surface area (Å²) in [4.78, 5) is 12.9. The van der Waals surface area contributed by atoms with Crippen LogP contribution in [0.25, 0.3) is 0 Å². The van der Waals surface area contributed by atoms with Crippen molar-refractivity contribution >= 4 is 17.4 Å². The first-order chi connectivity index (χ1) is 8.25. The summed E-state index contributed by atoms with van der Waals surface area (Å²) >= 11 is 1.70. The van der Waals surface area contributed by atoms with Crippen molar-refractivity contribution in [2.45, 2.75) is 51.6 Å². The molecule has 2 N–H and O–H groups in total. The number of nitrogens with one attached hydrogen (secondary N) is 2. The van der Waals surface area contributed by atoms with Gasteiger partial charge in [0.2, 0.25) is 0 Å². The Hall–Kier alpha value is -1.03. The van der Waals surface area contributed by atoms with E-state index in [1.54, 1.807) is 11.3 Å². The standard InChI is InChI=1S/C13H20N2OS/c1-10-7-8-17-12(10)9-14-13(16)15-11-5-3-2-4-6-11/h7-8,11H,2-6,9H2,1H3,(H2,14,15,16). The molecular weight excluding hydrogens is 232 g/mol. The lowest BCUT2D eigenvalue weighted by atomic mass is 9.96. The van der Waals surface area contributed by atoms with E-state index in [2.05, 4.69) is 29.0 Å². The van der Waals surface area contributed by atoms with Gasteiger partial charge in [0.25, 0.3) is 0 Å². The number of aryl methyl sites for hydroxylation is 1. The Morgan fingerprint density at radius 3 is 2.82 bits per heavy atom. The van der Waals surface area contributed by atoms with Crippen LogP contribution in [0.15, 0.2) is 11.4 Å². The van der Waals surface area contributed by atoms with Gasteiger partial charge in [-0.05, 0) is 36.8 Å². The molecule has 2 rings (SSSR count). The lowest BCUT2D eigenvalue weighted by Gasteiger charge is -2.22. The van der Waals surface area contributed by atoms with Gasteiger partial charge in [-0.2, -0.15) is 0 Å². The van der Waals surface area contributed by atoms with E-state index in [9.17, 15) is 4.79 Å². The van der Waals surface area contributed by atoms with Gasteiger partial charge in [0, 0.05) is 10.9 Å². The van der Waals surface area contributed by atoms with Crippen LogP contribution < -0.4 is 10.6 Å². The van der Waals surface area contributed by atoms with Crippen LogP contribution >= 0.6 is 11.3 Å². The predicted octanol–water partition coefficient (Wildman–Crippen LogP) is 3.19. The number of carbonyl (C=O) groups excluding carboxylic acids is 1. The van der Waals surface area contributed by atoms with Gasteiger partial charge in [0.1, 0.15) is 0 Å². The van der Waals surface area contributed by atoms with Crippen LogP contribution in [-0.4, -0.2) is 12.1 Å². The number of urea groups is 1. The number of hydrogen-bond acceptors (Lipinski definition) is 2. The highest BCUT2D eigenvalue weighted by atomic mass is 32.1. The van der Waals surface area contributed by atoms with E-state index >= 15 is 0 Å². The molecule has 3 nitrogen and oxygen atoms in total. The first kappa shape index (κ1) is 12.4. The van der Waals surface area contributed by atoms with Gasteiger partial charge in [-0.1, -0.05) is 19.3 Å². The van der Waals surface area contributed by atoms with Crippen LogP contribution in [0.1, 0.15) is 42.5 Å². The Bertz CT molecular complexity index is 369. The van der Waals surface area contributed by atoms with Gasteiger partial charge in [-0.25, -0.2) is 4.79 Å². The third kappa shape index (κ3) is 3.73. The zero-order chi connectivity index (χ0) is 12.1. The molecule has 0 unspecified atom stereocenters. The van der Waals surface area contributed by atoms with Crippen molar-refractivity contribution in [2.75, 3.05) is 0 Å². The third-order valence-electron chi connectivity index (χ3n) is 3.32. The summed E-state index contributed by atoms with van der Waals surface area (Å²) in [6, 6.07) is 2.44. The highest BCUT2D eigenvalue weighted by Gasteiger charge is 2.15. The fourth-order valence-electron chi connectivity index (χ4n) is 2.23. The molecule has 4 heteroatoms. The van der Waals surface area contributed by atoms with E-state index in [4.69, 9.17) is 0 Å². The highest BCUT2D eigenvalue weighted by Crippen LogP contribution is 2.17. The maximum Gasteiger partial charge on any atom is 0.315 e. The summed E-state index contributed by atoms with van der Waals surface area (Å²) in [6.45, 7) is 2.72. The first-order valence-electron chi connectivity index (χ1n) is 6.33. The molecule has 94 valence electrons. The Labute approximate surface area is 107 Å². The monoisotopic (exact) mass is 252 g/mol. The topological polar surface area (TPSA) is 41.1 Å². The average molecular weight is 252 g/mol. The van der Waals surface area contributed by atoms with Crippen molar-refractivity contribution in [1.29, 1.82) is 0 Å². The maximum absolute atomic E-state index is 11.7. The summed E-state index contributed by atoms with van der Waals surface area (Å²) in [5.74, 6) is 0. The zero-order valence-corrected chi connectivity index (χ0v) is 11.1. The molecule has 0 radical (unpaired) electrons. The maximum atomic E-state index is 11.7. The molecule has 0 aliphatic heterocycles. The van der Waals surface area contributed by atoms with Gasteiger partial charge in [0.05, 0.1) is 6.54 Å². The summed E-state index contributed by atoms with van der Waals surface area (Å²) in [6.07, 6.45) is 6.06. The van der Waals surface area contributed by atoms with E-state index in [1.165, 1.54) is 29.7 Å². The van der Waals surface area contributed by atoms with Crippen molar-refractivity contribution in [3.8, 4) is 0 Å². The smallest absolute Gasteiger partial charge is 0.315 e. The summed E-state index contributed by atoms with van der Waals surface area (Å²) in [5, 5.41) is 8.05. The number of amides is 2. The fraction of sp³-hybridized carbons (Fsp3) is 0.615. The molecule has 1 aliphatic carbocycles. The minimum atomic E-state index is -0.0234. The first-order valence-corrected chi connectivity index (χ1v) is 7.21. The van der Waals surface area contributed by atoms with Crippen molar-refractivity contribution in [1.82, 2.24) is 10.6 Å². The number of hydrogen-bond donors (Lipinski definition) is 2. The van der Waals surface area contributed by atoms with E-state index in [0.29, 0.717) is 12.6 Å². The van der Waals surface area contributed by atoms with E-state index < -0.39 is 0 Å². The number of carbonyl (C=O) groups is 1. The molecule has 2 amide bonds. The van der Waals surface area contributed by atoms with E-state index in [1.807, 2.05) is 0 Å². The van der Waals surface area contributed by atoms with Crippen molar-refractivity contribution < 1.29 is 4.79 Å². The molecule has 0 spiro atoms. The molecule has 17 heavy (non-hydrogen) atoms. The van der Waals surface area contributed by atoms with Crippen molar-refractivity contribution in [3.63, 3.8) is 0 Å². The molecule has 1 heterocycles. The van der Waals surface area contributed by atoms with Crippen LogP contribution in [0.3, 0.4) is 0 Å². The molecule has 1 aliphatic rings. The summed E-state index contributed by atoms with van der Waals surface area (Å²) in [7, 11) is 0. The van der Waals surface area contributed by atoms with Crippen LogP contribution in [0, 0.1) is 6.92 Å². The third-order valence-corrected chi connectivity index (χ3v) is 4.34. The van der Waals surface area contributed by atoms with Gasteiger partial charge in [-0.3, -0.25) is 0 Å². The molecule has 1 aromatic rings. The molecule has 0 aromatic carbocycles. The minimum Gasteiger partial charge on any atom is -0.335 e. The summed E-state index contributed by atoms with van der Waals surface area (Å²) < 4.78 is 0. The van der Waals surface area contributed by atoms with Gasteiger partial charge in [-0.15, -0.1) is 11.3 Å². The molecule has 1 aromatic heterocycles. The van der Waals surface area contributed by atoms with Crippen LogP contribution in [0.2, 0.25) is 0 Å². The Kier molecular flexibility index (Phi) is 4.42. The molecule has 0 bridgehead atoms. The van der Waals surface area contributed by atoms with Gasteiger partial charge < -0.3 is 10.6 Å². The molecule has 0 saturated heterocycles. The number of thiophene rings is 1. The second-order valence-corrected chi connectivity index (χ2v) is 5.69. The average Bonchev–Trinajstić information content (AvgIpc) is 2.74. The van der Waals surface area contributed by atoms with E-state index in [0.717, 1.165) is 12.8 Å². The zero-order valence-electron chi connectivity index (χ0n) is 10.3. The molecule has 1 saturated carbocycles. The van der Waals surface area contributed by atoms with Crippen LogP contribution in [-0.2, 0) is 6.54 Å². The van der Waals surface area contributed by atoms with Gasteiger partial charge in [0.15, 0.2) is 0 Å². The largest absolute Gasteiger partial charge is 0.335 e. The normalized spacial score (nSPS) is 16.8. The molecule has 1 fully saturated rings. The Morgan fingerprint density at radius 2 is 2.18 bits per heavy atom. The van der Waals surface area contributed by atoms with E-state index in [-0.39, 0.29) is 6.03 Å². The Morgan fingerprint density at radius 1 is 1.41 bits per heavy atom. The highest BCUT2D eigenvalue weighted by molar-refractivity contribution is 7.10. The summed E-state index contributed by atoms with van der Waals surface area (Å²) in [5.41, 5.74) is 1.26. The lowest BCUT2D eigenvalue weighted by Crippen LogP contribution is -2.42. The van der Waals surface area contributed by atoms with Crippen LogP contribution in [0.4, 0.5) is 4.79 Å². The Balaban J connectivity index is 1.72. The quantitative estimate of drug-likeness (QED) is 0.852. The second-order valence-electron chi connectivity index (χ2n) is 4.69. The van der Waals surface area contributed by atoms with Crippen molar-refractivity contribution in [2.24, 2.45) is 0 Å². The van der Waals surface area contributed by atoms with Crippen LogP contribution in [0.5, 0.6) is 0 Å². The minimum absolute atomic E-state index is 0.0234. The van der Waals surface area contributed by atoms with Crippen molar-refractivity contribution in [3.05, 3.63) is 21.9 Å². The molecule has 0 atom stereocenters. The fourth-order valence-corrected chi connectivity index (χ4v) is 3.07. The second kappa shape index (κ2) is 6.05. The molecular formula is C13H20N2OS. The van der Waals surface area contributed by atoms with Gasteiger partial charge >= 0.3 is 6.03 Å². The SMILES string of the molecule is Cc1ccsc1CNC(=O)NC1CCCCC1.